The first-order valence-electron chi connectivity index (χ1n) is 5.34. The summed E-state index contributed by atoms with van der Waals surface area (Å²) in [5.41, 5.74) is -0.785. The van der Waals surface area contributed by atoms with E-state index < -0.39 is 28.5 Å². The standard InChI is InChI=1S/C11H10BrClFNO5/c1-19-11(16)9(2-3-12)20-10-5-8(15(17)18)7(14)4-6(10)13/h4-5,9H,2-3H2,1H3. The van der Waals surface area contributed by atoms with Crippen molar-refractivity contribution >= 4 is 39.2 Å². The summed E-state index contributed by atoms with van der Waals surface area (Å²) in [5.74, 6) is -1.90. The number of ether oxygens (including phenoxy) is 2. The first kappa shape index (κ1) is 16.6. The fourth-order valence-corrected chi connectivity index (χ4v) is 1.97. The summed E-state index contributed by atoms with van der Waals surface area (Å²) in [7, 11) is 1.18. The van der Waals surface area contributed by atoms with Crippen LogP contribution in [-0.4, -0.2) is 29.4 Å². The van der Waals surface area contributed by atoms with Crippen LogP contribution in [0, 0.1) is 15.9 Å². The van der Waals surface area contributed by atoms with Gasteiger partial charge in [0.2, 0.25) is 5.82 Å². The van der Waals surface area contributed by atoms with E-state index >= 15 is 0 Å². The molecule has 0 bridgehead atoms. The van der Waals surface area contributed by atoms with E-state index in [0.717, 1.165) is 12.1 Å². The van der Waals surface area contributed by atoms with Gasteiger partial charge in [-0.1, -0.05) is 27.5 Å². The van der Waals surface area contributed by atoms with E-state index in [1.54, 1.807) is 0 Å². The maximum atomic E-state index is 13.3. The molecule has 0 aromatic heterocycles. The second-order valence-corrected chi connectivity index (χ2v) is 4.80. The summed E-state index contributed by atoms with van der Waals surface area (Å²) in [4.78, 5) is 21.2. The summed E-state index contributed by atoms with van der Waals surface area (Å²) in [6, 6.07) is 1.60. The Morgan fingerprint density at radius 3 is 2.75 bits per heavy atom. The molecule has 9 heteroatoms. The third-order valence-electron chi connectivity index (χ3n) is 2.30. The third kappa shape index (κ3) is 4.04. The van der Waals surface area contributed by atoms with Gasteiger partial charge in [0.1, 0.15) is 5.75 Å². The average Bonchev–Trinajstić information content (AvgIpc) is 2.39. The molecule has 1 atom stereocenters. The molecule has 1 aromatic carbocycles. The SMILES string of the molecule is COC(=O)C(CCBr)Oc1cc([N+](=O)[O-])c(F)cc1Cl. The van der Waals surface area contributed by atoms with Crippen LogP contribution in [-0.2, 0) is 9.53 Å². The van der Waals surface area contributed by atoms with Crippen LogP contribution >= 0.6 is 27.5 Å². The van der Waals surface area contributed by atoms with Gasteiger partial charge in [-0.15, -0.1) is 0 Å². The van der Waals surface area contributed by atoms with E-state index in [2.05, 4.69) is 20.7 Å². The van der Waals surface area contributed by atoms with Crippen molar-refractivity contribution in [3.63, 3.8) is 0 Å². The summed E-state index contributed by atoms with van der Waals surface area (Å²) in [6.07, 6.45) is -0.740. The Bertz CT molecular complexity index is 528. The summed E-state index contributed by atoms with van der Waals surface area (Å²) in [6.45, 7) is 0. The number of carbonyl (C=O) groups excluding carboxylic acids is 1. The molecule has 0 amide bonds. The lowest BCUT2D eigenvalue weighted by Gasteiger charge is -2.16. The minimum absolute atomic E-state index is 0.156. The minimum atomic E-state index is -1.08. The highest BCUT2D eigenvalue weighted by molar-refractivity contribution is 9.09. The first-order chi connectivity index (χ1) is 9.40. The molecule has 110 valence electrons. The van der Waals surface area contributed by atoms with E-state index in [4.69, 9.17) is 16.3 Å². The van der Waals surface area contributed by atoms with Crippen molar-refractivity contribution in [1.29, 1.82) is 0 Å². The largest absolute Gasteiger partial charge is 0.477 e. The van der Waals surface area contributed by atoms with Crippen LogP contribution in [0.4, 0.5) is 10.1 Å². The molecule has 0 saturated carbocycles. The number of nitro benzene ring substituents is 1. The number of methoxy groups -OCH3 is 1. The van der Waals surface area contributed by atoms with Crippen molar-refractivity contribution in [2.75, 3.05) is 12.4 Å². The highest BCUT2D eigenvalue weighted by Gasteiger charge is 2.24. The van der Waals surface area contributed by atoms with Crippen LogP contribution in [0.3, 0.4) is 0 Å². The zero-order valence-electron chi connectivity index (χ0n) is 10.3. The third-order valence-corrected chi connectivity index (χ3v) is 3.06. The van der Waals surface area contributed by atoms with Crippen LogP contribution in [0.15, 0.2) is 12.1 Å². The fourth-order valence-electron chi connectivity index (χ4n) is 1.36. The van der Waals surface area contributed by atoms with Crippen molar-refractivity contribution in [3.8, 4) is 5.75 Å². The van der Waals surface area contributed by atoms with Crippen LogP contribution < -0.4 is 4.74 Å². The van der Waals surface area contributed by atoms with Crippen LogP contribution in [0.1, 0.15) is 6.42 Å². The lowest BCUT2D eigenvalue weighted by atomic mass is 10.2. The number of nitrogens with zero attached hydrogens (tertiary/aromatic N) is 1. The number of alkyl halides is 1. The number of nitro groups is 1. The van der Waals surface area contributed by atoms with E-state index in [0.29, 0.717) is 5.33 Å². The van der Waals surface area contributed by atoms with Gasteiger partial charge in [0, 0.05) is 17.8 Å². The van der Waals surface area contributed by atoms with Crippen molar-refractivity contribution in [1.82, 2.24) is 0 Å². The number of benzene rings is 1. The molecule has 1 rings (SSSR count). The number of carbonyl (C=O) groups is 1. The van der Waals surface area contributed by atoms with Crippen molar-refractivity contribution in [2.24, 2.45) is 0 Å². The van der Waals surface area contributed by atoms with Gasteiger partial charge in [-0.2, -0.15) is 4.39 Å². The minimum Gasteiger partial charge on any atom is -0.477 e. The Labute approximate surface area is 127 Å². The highest BCUT2D eigenvalue weighted by atomic mass is 79.9. The molecule has 0 fully saturated rings. The van der Waals surface area contributed by atoms with E-state index in [1.165, 1.54) is 7.11 Å². The number of hydrogen-bond donors (Lipinski definition) is 0. The van der Waals surface area contributed by atoms with Gasteiger partial charge in [0.15, 0.2) is 6.10 Å². The molecule has 0 spiro atoms. The molecule has 0 radical (unpaired) electrons. The monoisotopic (exact) mass is 369 g/mol. The normalized spacial score (nSPS) is 11.8. The van der Waals surface area contributed by atoms with E-state index in [-0.39, 0.29) is 17.2 Å². The summed E-state index contributed by atoms with van der Waals surface area (Å²) >= 11 is 8.89. The molecule has 20 heavy (non-hydrogen) atoms. The van der Waals surface area contributed by atoms with Crippen LogP contribution in [0.25, 0.3) is 0 Å². The Morgan fingerprint density at radius 1 is 1.60 bits per heavy atom. The summed E-state index contributed by atoms with van der Waals surface area (Å²) in [5, 5.41) is 10.9. The lowest BCUT2D eigenvalue weighted by molar-refractivity contribution is -0.387. The molecule has 0 aliphatic carbocycles. The Morgan fingerprint density at radius 2 is 2.25 bits per heavy atom. The highest BCUT2D eigenvalue weighted by Crippen LogP contribution is 2.32. The number of hydrogen-bond acceptors (Lipinski definition) is 5. The van der Waals surface area contributed by atoms with E-state index in [9.17, 15) is 19.3 Å². The van der Waals surface area contributed by atoms with Crippen LogP contribution in [0.5, 0.6) is 5.75 Å². The second kappa shape index (κ2) is 7.39. The molecule has 0 aliphatic heterocycles. The molecule has 0 heterocycles. The average molecular weight is 371 g/mol. The van der Waals surface area contributed by atoms with Gasteiger partial charge in [-0.3, -0.25) is 10.1 Å². The molecule has 6 nitrogen and oxygen atoms in total. The predicted molar refractivity (Wildman–Crippen MR) is 72.9 cm³/mol. The number of halogens is 3. The quantitative estimate of drug-likeness (QED) is 0.333. The molecule has 1 unspecified atom stereocenters. The molecular weight excluding hydrogens is 360 g/mol. The number of rotatable bonds is 6. The van der Waals surface area contributed by atoms with Crippen molar-refractivity contribution in [2.45, 2.75) is 12.5 Å². The van der Waals surface area contributed by atoms with Gasteiger partial charge < -0.3 is 9.47 Å². The smallest absolute Gasteiger partial charge is 0.347 e. The maximum Gasteiger partial charge on any atom is 0.347 e. The van der Waals surface area contributed by atoms with Gasteiger partial charge >= 0.3 is 11.7 Å². The Hall–Kier alpha value is -1.41. The second-order valence-electron chi connectivity index (χ2n) is 3.60. The topological polar surface area (TPSA) is 78.7 Å². The molecule has 0 saturated heterocycles. The summed E-state index contributed by atoms with van der Waals surface area (Å²) < 4.78 is 23.1. The maximum absolute atomic E-state index is 13.3. The van der Waals surface area contributed by atoms with Crippen molar-refractivity contribution < 1.29 is 23.6 Å². The fraction of sp³-hybridized carbons (Fsp3) is 0.364. The molecule has 0 N–H and O–H groups in total. The first-order valence-corrected chi connectivity index (χ1v) is 6.84. The molecular formula is C11H10BrClFNO5. The lowest BCUT2D eigenvalue weighted by Crippen LogP contribution is -2.29. The molecule has 1 aromatic rings. The van der Waals surface area contributed by atoms with Gasteiger partial charge in [0.25, 0.3) is 0 Å². The Kier molecular flexibility index (Phi) is 6.15. The van der Waals surface area contributed by atoms with Gasteiger partial charge in [0.05, 0.1) is 23.1 Å². The number of esters is 1. The van der Waals surface area contributed by atoms with Crippen molar-refractivity contribution in [3.05, 3.63) is 33.1 Å². The van der Waals surface area contributed by atoms with Gasteiger partial charge in [-0.05, 0) is 0 Å². The van der Waals surface area contributed by atoms with E-state index in [1.807, 2.05) is 0 Å². The molecule has 0 aliphatic rings. The zero-order valence-corrected chi connectivity index (χ0v) is 12.6. The predicted octanol–water partition coefficient (Wildman–Crippen LogP) is 3.09. The van der Waals surface area contributed by atoms with Gasteiger partial charge in [-0.25, -0.2) is 4.79 Å². The Balaban J connectivity index is 3.09. The van der Waals surface area contributed by atoms with Crippen LogP contribution in [0.2, 0.25) is 5.02 Å². The zero-order chi connectivity index (χ0) is 15.3.